The van der Waals surface area contributed by atoms with Gasteiger partial charge in [-0.3, -0.25) is 0 Å². The molecule has 20 heavy (non-hydrogen) atoms. The number of fused-ring (bicyclic) bond motifs is 1. The molecule has 2 heteroatoms. The summed E-state index contributed by atoms with van der Waals surface area (Å²) < 4.78 is 0. The molecule has 1 aliphatic heterocycles. The molecule has 0 aliphatic carbocycles. The molecule has 0 atom stereocenters. The van der Waals surface area contributed by atoms with Gasteiger partial charge in [0, 0.05) is 24.3 Å². The zero-order valence-electron chi connectivity index (χ0n) is 13.4. The highest BCUT2D eigenvalue weighted by atomic mass is 15.1. The Bertz CT molecular complexity index is 406. The minimum Gasteiger partial charge on any atom is -0.371 e. The van der Waals surface area contributed by atoms with E-state index in [1.165, 1.54) is 56.4 Å². The zero-order chi connectivity index (χ0) is 14.4. The van der Waals surface area contributed by atoms with Crippen LogP contribution in [0, 0.1) is 0 Å². The summed E-state index contributed by atoms with van der Waals surface area (Å²) in [6.45, 7) is 10.2. The molecule has 112 valence electrons. The highest BCUT2D eigenvalue weighted by molar-refractivity contribution is 5.54. The van der Waals surface area contributed by atoms with Gasteiger partial charge in [-0.15, -0.1) is 0 Å². The summed E-state index contributed by atoms with van der Waals surface area (Å²) in [5.74, 6) is 0. The number of aryl methyl sites for hydroxylation is 1. The molecule has 1 aromatic rings. The number of hydrogen-bond acceptors (Lipinski definition) is 2. The second-order valence-electron chi connectivity index (χ2n) is 6.96. The molecule has 2 rings (SSSR count). The molecule has 1 N–H and O–H groups in total. The Labute approximate surface area is 124 Å². The lowest BCUT2D eigenvalue weighted by Crippen LogP contribution is -2.36. The van der Waals surface area contributed by atoms with Crippen LogP contribution in [0.2, 0.25) is 0 Å². The Balaban J connectivity index is 1.81. The smallest absolute Gasteiger partial charge is 0.0398 e. The predicted molar refractivity (Wildman–Crippen MR) is 88.6 cm³/mol. The minimum absolute atomic E-state index is 0.245. The van der Waals surface area contributed by atoms with Gasteiger partial charge in [0.15, 0.2) is 0 Å². The van der Waals surface area contributed by atoms with E-state index in [9.17, 15) is 0 Å². The van der Waals surface area contributed by atoms with Crippen molar-refractivity contribution in [1.29, 1.82) is 0 Å². The molecule has 0 fully saturated rings. The summed E-state index contributed by atoms with van der Waals surface area (Å²) in [4.78, 5) is 2.60. The van der Waals surface area contributed by atoms with Crippen molar-refractivity contribution in [2.45, 2.75) is 58.4 Å². The molecule has 0 amide bonds. The van der Waals surface area contributed by atoms with Gasteiger partial charge in [-0.25, -0.2) is 0 Å². The van der Waals surface area contributed by atoms with Crippen molar-refractivity contribution in [2.75, 3.05) is 24.5 Å². The summed E-state index contributed by atoms with van der Waals surface area (Å²) in [7, 11) is 0. The second kappa shape index (κ2) is 7.12. The van der Waals surface area contributed by atoms with E-state index in [0.29, 0.717) is 0 Å². The molecular formula is C18H30N2. The molecule has 0 spiro atoms. The third-order valence-electron chi connectivity index (χ3n) is 3.97. The first kappa shape index (κ1) is 15.4. The van der Waals surface area contributed by atoms with Crippen LogP contribution in [0.5, 0.6) is 0 Å². The molecule has 0 unspecified atom stereocenters. The van der Waals surface area contributed by atoms with Gasteiger partial charge in [0.05, 0.1) is 0 Å². The lowest BCUT2D eigenvalue weighted by molar-refractivity contribution is 0.418. The van der Waals surface area contributed by atoms with Crippen LogP contribution in [0.15, 0.2) is 24.3 Å². The lowest BCUT2D eigenvalue weighted by atomic mass is 10.1. The number of para-hydroxylation sites is 1. The first-order valence-corrected chi connectivity index (χ1v) is 8.14. The molecule has 0 saturated heterocycles. The van der Waals surface area contributed by atoms with Crippen LogP contribution in [0.25, 0.3) is 0 Å². The third kappa shape index (κ3) is 4.82. The van der Waals surface area contributed by atoms with Crippen LogP contribution >= 0.6 is 0 Å². The molecular weight excluding hydrogens is 244 g/mol. The number of benzene rings is 1. The molecule has 0 saturated carbocycles. The topological polar surface area (TPSA) is 15.3 Å². The molecule has 1 heterocycles. The van der Waals surface area contributed by atoms with E-state index in [-0.39, 0.29) is 5.54 Å². The normalized spacial score (nSPS) is 15.8. The maximum atomic E-state index is 3.57. The third-order valence-corrected chi connectivity index (χ3v) is 3.97. The Hall–Kier alpha value is -1.02. The van der Waals surface area contributed by atoms with E-state index < -0.39 is 0 Å². The van der Waals surface area contributed by atoms with Crippen LogP contribution in [0.4, 0.5) is 5.69 Å². The SMILES string of the molecule is CC(C)(C)NCCCCN1CCCCc2ccccc21. The summed E-state index contributed by atoms with van der Waals surface area (Å²) in [5, 5.41) is 3.57. The standard InChI is InChI=1S/C18H30N2/c1-18(2,3)19-13-7-9-15-20-14-8-6-11-16-10-4-5-12-17(16)20/h4-5,10,12,19H,6-9,11,13-15H2,1-3H3. The van der Waals surface area contributed by atoms with Gasteiger partial charge in [0.2, 0.25) is 0 Å². The number of nitrogens with zero attached hydrogens (tertiary/aromatic N) is 1. The van der Waals surface area contributed by atoms with Gasteiger partial charge in [-0.05, 0) is 71.0 Å². The first-order valence-electron chi connectivity index (χ1n) is 8.14. The Morgan fingerprint density at radius 2 is 1.90 bits per heavy atom. The van der Waals surface area contributed by atoms with E-state index >= 15 is 0 Å². The van der Waals surface area contributed by atoms with Crippen LogP contribution < -0.4 is 10.2 Å². The van der Waals surface area contributed by atoms with Crippen molar-refractivity contribution >= 4 is 5.69 Å². The largest absolute Gasteiger partial charge is 0.371 e. The summed E-state index contributed by atoms with van der Waals surface area (Å²) in [5.41, 5.74) is 3.27. The summed E-state index contributed by atoms with van der Waals surface area (Å²) in [6.07, 6.45) is 6.44. The fourth-order valence-corrected chi connectivity index (χ4v) is 2.89. The van der Waals surface area contributed by atoms with Gasteiger partial charge in [-0.1, -0.05) is 18.2 Å². The summed E-state index contributed by atoms with van der Waals surface area (Å²) in [6, 6.07) is 8.96. The number of anilines is 1. The lowest BCUT2D eigenvalue weighted by Gasteiger charge is -2.25. The fourth-order valence-electron chi connectivity index (χ4n) is 2.89. The number of nitrogens with one attached hydrogen (secondary N) is 1. The molecule has 0 aromatic heterocycles. The number of rotatable bonds is 5. The van der Waals surface area contributed by atoms with Gasteiger partial charge in [0.1, 0.15) is 0 Å². The van der Waals surface area contributed by atoms with Crippen molar-refractivity contribution in [1.82, 2.24) is 5.32 Å². The maximum absolute atomic E-state index is 3.57. The number of hydrogen-bond donors (Lipinski definition) is 1. The van der Waals surface area contributed by atoms with Crippen molar-refractivity contribution in [3.63, 3.8) is 0 Å². The van der Waals surface area contributed by atoms with E-state index in [2.05, 4.69) is 55.3 Å². The molecule has 1 aromatic carbocycles. The Morgan fingerprint density at radius 1 is 1.10 bits per heavy atom. The predicted octanol–water partition coefficient (Wildman–Crippen LogP) is 4.00. The van der Waals surface area contributed by atoms with Gasteiger partial charge >= 0.3 is 0 Å². The van der Waals surface area contributed by atoms with Crippen LogP contribution in [-0.4, -0.2) is 25.2 Å². The average molecular weight is 274 g/mol. The van der Waals surface area contributed by atoms with Crippen molar-refractivity contribution in [3.8, 4) is 0 Å². The Morgan fingerprint density at radius 3 is 2.70 bits per heavy atom. The molecule has 0 radical (unpaired) electrons. The highest BCUT2D eigenvalue weighted by Crippen LogP contribution is 2.26. The van der Waals surface area contributed by atoms with Crippen molar-refractivity contribution < 1.29 is 0 Å². The van der Waals surface area contributed by atoms with E-state index in [4.69, 9.17) is 0 Å². The first-order chi connectivity index (χ1) is 9.56. The minimum atomic E-state index is 0.245. The average Bonchev–Trinajstić information content (AvgIpc) is 2.60. The monoisotopic (exact) mass is 274 g/mol. The highest BCUT2D eigenvalue weighted by Gasteiger charge is 2.14. The number of unbranched alkanes of at least 4 members (excludes halogenated alkanes) is 1. The second-order valence-corrected chi connectivity index (χ2v) is 6.96. The van der Waals surface area contributed by atoms with Crippen LogP contribution in [-0.2, 0) is 6.42 Å². The van der Waals surface area contributed by atoms with Crippen molar-refractivity contribution in [3.05, 3.63) is 29.8 Å². The molecule has 2 nitrogen and oxygen atoms in total. The maximum Gasteiger partial charge on any atom is 0.0398 e. The fraction of sp³-hybridized carbons (Fsp3) is 0.667. The van der Waals surface area contributed by atoms with Gasteiger partial charge in [-0.2, -0.15) is 0 Å². The van der Waals surface area contributed by atoms with Gasteiger partial charge in [0.25, 0.3) is 0 Å². The Kier molecular flexibility index (Phi) is 5.47. The zero-order valence-corrected chi connectivity index (χ0v) is 13.4. The van der Waals surface area contributed by atoms with E-state index in [1.807, 2.05) is 0 Å². The van der Waals surface area contributed by atoms with Crippen molar-refractivity contribution in [2.24, 2.45) is 0 Å². The molecule has 1 aliphatic rings. The molecule has 0 bridgehead atoms. The van der Waals surface area contributed by atoms with E-state index in [1.54, 1.807) is 0 Å². The van der Waals surface area contributed by atoms with Crippen LogP contribution in [0.3, 0.4) is 0 Å². The quantitative estimate of drug-likeness (QED) is 0.817. The summed E-state index contributed by atoms with van der Waals surface area (Å²) >= 11 is 0. The van der Waals surface area contributed by atoms with Crippen LogP contribution in [0.1, 0.15) is 52.0 Å². The van der Waals surface area contributed by atoms with E-state index in [0.717, 1.165) is 6.54 Å². The van der Waals surface area contributed by atoms with Gasteiger partial charge < -0.3 is 10.2 Å².